The van der Waals surface area contributed by atoms with E-state index in [9.17, 15) is 15.0 Å². The minimum Gasteiger partial charge on any atom is -0.480 e. The Morgan fingerprint density at radius 1 is 1.47 bits per heavy atom. The molecule has 0 bridgehead atoms. The van der Waals surface area contributed by atoms with Crippen molar-refractivity contribution in [3.05, 3.63) is 48.7 Å². The van der Waals surface area contributed by atoms with Gasteiger partial charge in [-0.05, 0) is 6.07 Å². The Kier molecular flexibility index (Phi) is 3.42. The van der Waals surface area contributed by atoms with Gasteiger partial charge >= 0.3 is 5.97 Å². The molecule has 0 amide bonds. The minimum atomic E-state index is -1.53. The summed E-state index contributed by atoms with van der Waals surface area (Å²) in [5.41, 5.74) is 5.86. The van der Waals surface area contributed by atoms with Crippen molar-refractivity contribution in [1.82, 2.24) is 4.57 Å². The molecule has 19 heavy (non-hydrogen) atoms. The van der Waals surface area contributed by atoms with Crippen molar-refractivity contribution in [3.63, 3.8) is 0 Å². The summed E-state index contributed by atoms with van der Waals surface area (Å²) < 4.78 is 1.73. The summed E-state index contributed by atoms with van der Waals surface area (Å²) in [6.45, 7) is 3.45. The first-order valence-corrected chi connectivity index (χ1v) is 5.85. The number of hydrogen-bond acceptors (Lipinski definition) is 3. The van der Waals surface area contributed by atoms with Crippen LogP contribution in [0.3, 0.4) is 0 Å². The molecule has 0 aliphatic heterocycles. The van der Waals surface area contributed by atoms with E-state index in [1.807, 2.05) is 24.3 Å². The normalized spacial score (nSPS) is 14.2. The number of hydrogen-bond donors (Lipinski definition) is 3. The number of carboxylic acid groups (broad SMARTS) is 1. The third-order valence-corrected chi connectivity index (χ3v) is 3.24. The van der Waals surface area contributed by atoms with E-state index in [0.29, 0.717) is 0 Å². The molecule has 0 aliphatic carbocycles. The number of aromatic nitrogens is 1. The summed E-state index contributed by atoms with van der Waals surface area (Å²) in [5.74, 6) is -1.13. The van der Waals surface area contributed by atoms with Crippen molar-refractivity contribution in [3.8, 4) is 0 Å². The van der Waals surface area contributed by atoms with Crippen LogP contribution in [0.15, 0.2) is 43.1 Å². The van der Waals surface area contributed by atoms with Crippen molar-refractivity contribution in [2.24, 2.45) is 5.73 Å². The predicted molar refractivity (Wildman–Crippen MR) is 72.6 cm³/mol. The Morgan fingerprint density at radius 2 is 2.16 bits per heavy atom. The zero-order valence-corrected chi connectivity index (χ0v) is 10.4. The van der Waals surface area contributed by atoms with Crippen LogP contribution in [0, 0.1) is 0 Å². The molecule has 1 heterocycles. The fourth-order valence-electron chi connectivity index (χ4n) is 2.08. The third-order valence-electron chi connectivity index (χ3n) is 3.24. The number of para-hydroxylation sites is 1. The molecule has 1 atom stereocenters. The lowest BCUT2D eigenvalue weighted by Gasteiger charge is -2.21. The van der Waals surface area contributed by atoms with E-state index in [0.717, 1.165) is 16.5 Å². The van der Waals surface area contributed by atoms with Gasteiger partial charge in [-0.25, -0.2) is 4.79 Å². The average Bonchev–Trinajstić information content (AvgIpc) is 2.76. The highest BCUT2D eigenvalue weighted by Gasteiger charge is 2.31. The lowest BCUT2D eigenvalue weighted by molar-refractivity contribution is -0.141. The second-order valence-electron chi connectivity index (χ2n) is 4.51. The van der Waals surface area contributed by atoms with E-state index >= 15 is 0 Å². The molecule has 2 rings (SSSR count). The molecule has 5 heteroatoms. The summed E-state index contributed by atoms with van der Waals surface area (Å²) in [7, 11) is 0. The fraction of sp³-hybridized carbons (Fsp3) is 0.214. The van der Waals surface area contributed by atoms with Gasteiger partial charge in [-0.1, -0.05) is 24.3 Å². The van der Waals surface area contributed by atoms with Crippen molar-refractivity contribution >= 4 is 16.9 Å². The standard InChI is InChI=1S/C14H16N2O3/c1-2-14(15,13(18)19)9-16-7-10(8-17)11-5-3-4-6-12(11)16/h2-7,17H,1,8-9,15H2,(H,18,19). The minimum absolute atomic E-state index is 0.0619. The van der Waals surface area contributed by atoms with Crippen LogP contribution in [-0.4, -0.2) is 26.3 Å². The quantitative estimate of drug-likeness (QED) is 0.702. The van der Waals surface area contributed by atoms with Crippen LogP contribution in [-0.2, 0) is 17.9 Å². The molecule has 0 saturated heterocycles. The number of fused-ring (bicyclic) bond motifs is 1. The highest BCUT2D eigenvalue weighted by atomic mass is 16.4. The maximum atomic E-state index is 11.2. The number of aliphatic hydroxyl groups excluding tert-OH is 1. The van der Waals surface area contributed by atoms with Crippen LogP contribution in [0.4, 0.5) is 0 Å². The number of benzene rings is 1. The molecule has 2 aromatic rings. The molecule has 5 nitrogen and oxygen atoms in total. The smallest absolute Gasteiger partial charge is 0.329 e. The van der Waals surface area contributed by atoms with Gasteiger partial charge in [-0.3, -0.25) is 0 Å². The number of nitrogens with two attached hydrogens (primary N) is 1. The highest BCUT2D eigenvalue weighted by Crippen LogP contribution is 2.23. The molecule has 1 aromatic carbocycles. The third kappa shape index (κ3) is 2.25. The number of carboxylic acids is 1. The van der Waals surface area contributed by atoms with Crippen molar-refractivity contribution < 1.29 is 15.0 Å². The molecule has 0 saturated carbocycles. The maximum absolute atomic E-state index is 11.2. The van der Waals surface area contributed by atoms with Crippen LogP contribution < -0.4 is 5.73 Å². The SMILES string of the molecule is C=CC(N)(Cn1cc(CO)c2ccccc21)C(=O)O. The second-order valence-corrected chi connectivity index (χ2v) is 4.51. The van der Waals surface area contributed by atoms with Gasteiger partial charge in [-0.15, -0.1) is 6.58 Å². The summed E-state index contributed by atoms with van der Waals surface area (Å²) in [5, 5.41) is 19.4. The molecule has 1 unspecified atom stereocenters. The highest BCUT2D eigenvalue weighted by molar-refractivity contribution is 5.85. The zero-order chi connectivity index (χ0) is 14.0. The lowest BCUT2D eigenvalue weighted by atomic mass is 10.0. The van der Waals surface area contributed by atoms with Gasteiger partial charge in [0.25, 0.3) is 0 Å². The van der Waals surface area contributed by atoms with Gasteiger partial charge in [-0.2, -0.15) is 0 Å². The monoisotopic (exact) mass is 260 g/mol. The van der Waals surface area contributed by atoms with Gasteiger partial charge in [0.2, 0.25) is 0 Å². The van der Waals surface area contributed by atoms with E-state index in [2.05, 4.69) is 6.58 Å². The molecule has 0 fully saturated rings. The second kappa shape index (κ2) is 4.87. The van der Waals surface area contributed by atoms with E-state index in [1.165, 1.54) is 6.08 Å². The van der Waals surface area contributed by atoms with Gasteiger partial charge in [0.05, 0.1) is 13.2 Å². The Bertz CT molecular complexity index is 633. The average molecular weight is 260 g/mol. The largest absolute Gasteiger partial charge is 0.480 e. The van der Waals surface area contributed by atoms with Gasteiger partial charge in [0.15, 0.2) is 5.54 Å². The van der Waals surface area contributed by atoms with Crippen LogP contribution >= 0.6 is 0 Å². The molecule has 4 N–H and O–H groups in total. The van der Waals surface area contributed by atoms with E-state index in [-0.39, 0.29) is 13.2 Å². The topological polar surface area (TPSA) is 88.5 Å². The number of carbonyl (C=O) groups is 1. The Labute approximate surface area is 110 Å². The summed E-state index contributed by atoms with van der Waals surface area (Å²) in [4.78, 5) is 11.2. The molecule has 100 valence electrons. The van der Waals surface area contributed by atoms with E-state index < -0.39 is 11.5 Å². The van der Waals surface area contributed by atoms with Gasteiger partial charge in [0, 0.05) is 22.7 Å². The van der Waals surface area contributed by atoms with Crippen molar-refractivity contribution in [1.29, 1.82) is 0 Å². The molecule has 0 aliphatic rings. The first-order chi connectivity index (χ1) is 9.01. The Hall–Kier alpha value is -2.11. The van der Waals surface area contributed by atoms with Gasteiger partial charge < -0.3 is 20.5 Å². The first-order valence-electron chi connectivity index (χ1n) is 5.85. The van der Waals surface area contributed by atoms with E-state index in [4.69, 9.17) is 5.73 Å². The molecular formula is C14H16N2O3. The fourth-order valence-corrected chi connectivity index (χ4v) is 2.08. The molecule has 0 spiro atoms. The number of aliphatic hydroxyl groups is 1. The summed E-state index contributed by atoms with van der Waals surface area (Å²) in [6, 6.07) is 7.46. The summed E-state index contributed by atoms with van der Waals surface area (Å²) >= 11 is 0. The van der Waals surface area contributed by atoms with Crippen LogP contribution in [0.2, 0.25) is 0 Å². The summed E-state index contributed by atoms with van der Waals surface area (Å²) in [6.07, 6.45) is 2.95. The van der Waals surface area contributed by atoms with Crippen molar-refractivity contribution in [2.45, 2.75) is 18.7 Å². The molecule has 1 aromatic heterocycles. The lowest BCUT2D eigenvalue weighted by Crippen LogP contribution is -2.49. The first kappa shape index (κ1) is 13.3. The predicted octanol–water partition coefficient (Wildman–Crippen LogP) is 1.10. The maximum Gasteiger partial charge on any atom is 0.329 e. The van der Waals surface area contributed by atoms with Crippen molar-refractivity contribution in [2.75, 3.05) is 0 Å². The number of nitrogens with zero attached hydrogens (tertiary/aromatic N) is 1. The van der Waals surface area contributed by atoms with E-state index in [1.54, 1.807) is 10.8 Å². The number of aliphatic carboxylic acids is 1. The van der Waals surface area contributed by atoms with Crippen LogP contribution in [0.1, 0.15) is 5.56 Å². The Morgan fingerprint density at radius 3 is 2.74 bits per heavy atom. The Balaban J connectivity index is 2.52. The van der Waals surface area contributed by atoms with Gasteiger partial charge in [0.1, 0.15) is 0 Å². The number of rotatable bonds is 5. The van der Waals surface area contributed by atoms with Crippen LogP contribution in [0.5, 0.6) is 0 Å². The van der Waals surface area contributed by atoms with Crippen LogP contribution in [0.25, 0.3) is 10.9 Å². The molecule has 0 radical (unpaired) electrons. The zero-order valence-electron chi connectivity index (χ0n) is 10.4. The molecular weight excluding hydrogens is 244 g/mol.